The van der Waals surface area contributed by atoms with Gasteiger partial charge in [0.05, 0.1) is 11.5 Å². The molecule has 0 bridgehead atoms. The van der Waals surface area contributed by atoms with E-state index in [0.717, 1.165) is 0 Å². The van der Waals surface area contributed by atoms with E-state index in [1.165, 1.54) is 0 Å². The van der Waals surface area contributed by atoms with Crippen LogP contribution in [0.3, 0.4) is 0 Å². The van der Waals surface area contributed by atoms with Gasteiger partial charge in [0.1, 0.15) is 0 Å². The maximum absolute atomic E-state index is 11.9. The summed E-state index contributed by atoms with van der Waals surface area (Å²) in [5.41, 5.74) is 5.46. The lowest BCUT2D eigenvalue weighted by atomic mass is 9.98. The van der Waals surface area contributed by atoms with Crippen LogP contribution in [0.4, 0.5) is 8.78 Å². The van der Waals surface area contributed by atoms with Crippen molar-refractivity contribution in [3.63, 3.8) is 0 Å². The number of halogens is 2. The lowest BCUT2D eigenvalue weighted by Gasteiger charge is -2.16. The van der Waals surface area contributed by atoms with Crippen LogP contribution in [0.1, 0.15) is 12.8 Å². The normalized spacial score (nSPS) is 29.4. The van der Waals surface area contributed by atoms with Gasteiger partial charge in [0.2, 0.25) is 6.43 Å². The summed E-state index contributed by atoms with van der Waals surface area (Å²) in [5, 5.41) is 0. The Bertz CT molecular complexity index is 266. The van der Waals surface area contributed by atoms with Crippen molar-refractivity contribution >= 4 is 9.84 Å². The van der Waals surface area contributed by atoms with Gasteiger partial charge in [0.25, 0.3) is 0 Å². The van der Waals surface area contributed by atoms with Crippen LogP contribution < -0.4 is 5.73 Å². The van der Waals surface area contributed by atoms with E-state index in [4.69, 9.17) is 5.73 Å². The average Bonchev–Trinajstić information content (AvgIpc) is 2.28. The first-order chi connectivity index (χ1) is 5.91. The summed E-state index contributed by atoms with van der Waals surface area (Å²) in [6, 6.07) is -0.683. The number of alkyl halides is 2. The van der Waals surface area contributed by atoms with E-state index in [0.29, 0.717) is 6.42 Å². The van der Waals surface area contributed by atoms with Gasteiger partial charge in [-0.15, -0.1) is 0 Å². The van der Waals surface area contributed by atoms with Crippen LogP contribution in [0, 0.1) is 5.92 Å². The molecule has 78 valence electrons. The zero-order valence-electron chi connectivity index (χ0n) is 7.12. The van der Waals surface area contributed by atoms with Crippen molar-refractivity contribution in [3.05, 3.63) is 0 Å². The monoisotopic (exact) mass is 213 g/mol. The summed E-state index contributed by atoms with van der Waals surface area (Å²) in [5.74, 6) is -0.214. The minimum atomic E-state index is -3.00. The molecule has 2 N–H and O–H groups in total. The van der Waals surface area contributed by atoms with Crippen LogP contribution in [0.25, 0.3) is 0 Å². The topological polar surface area (TPSA) is 60.2 Å². The quantitative estimate of drug-likeness (QED) is 0.738. The number of nitrogens with two attached hydrogens (primary N) is 1. The molecule has 2 atom stereocenters. The van der Waals surface area contributed by atoms with Crippen molar-refractivity contribution in [3.8, 4) is 0 Å². The predicted molar refractivity (Wildman–Crippen MR) is 45.4 cm³/mol. The maximum Gasteiger partial charge on any atom is 0.240 e. The van der Waals surface area contributed by atoms with E-state index in [1.54, 1.807) is 0 Å². The van der Waals surface area contributed by atoms with E-state index in [2.05, 4.69) is 0 Å². The second kappa shape index (κ2) is 3.88. The highest BCUT2D eigenvalue weighted by Gasteiger charge is 2.32. The SMILES string of the molecule is NC(CC(F)F)C1CCS(=O)(=O)C1. The van der Waals surface area contributed by atoms with Gasteiger partial charge in [0.15, 0.2) is 9.84 Å². The molecule has 0 aromatic carbocycles. The number of hydrogen-bond donors (Lipinski definition) is 1. The molecule has 0 radical (unpaired) electrons. The molecule has 1 aliphatic heterocycles. The fourth-order valence-corrected chi connectivity index (χ4v) is 3.45. The van der Waals surface area contributed by atoms with E-state index < -0.39 is 28.7 Å². The molecule has 1 heterocycles. The molecule has 1 rings (SSSR count). The Kier molecular flexibility index (Phi) is 3.23. The smallest absolute Gasteiger partial charge is 0.240 e. The fourth-order valence-electron chi connectivity index (χ4n) is 1.56. The van der Waals surface area contributed by atoms with Crippen LogP contribution in [0.2, 0.25) is 0 Å². The third kappa shape index (κ3) is 3.19. The Morgan fingerprint density at radius 1 is 1.46 bits per heavy atom. The van der Waals surface area contributed by atoms with Crippen LogP contribution >= 0.6 is 0 Å². The third-order valence-corrected chi connectivity index (χ3v) is 4.12. The number of rotatable bonds is 3. The van der Waals surface area contributed by atoms with Gasteiger partial charge in [-0.05, 0) is 12.3 Å². The molecule has 2 unspecified atom stereocenters. The highest BCUT2D eigenvalue weighted by molar-refractivity contribution is 7.91. The van der Waals surface area contributed by atoms with Gasteiger partial charge in [-0.3, -0.25) is 0 Å². The molecule has 1 saturated heterocycles. The molecule has 1 fully saturated rings. The van der Waals surface area contributed by atoms with Crippen LogP contribution in [0.15, 0.2) is 0 Å². The van der Waals surface area contributed by atoms with E-state index in [9.17, 15) is 17.2 Å². The van der Waals surface area contributed by atoms with Crippen LogP contribution in [-0.4, -0.2) is 32.4 Å². The van der Waals surface area contributed by atoms with E-state index in [1.807, 2.05) is 0 Å². The first kappa shape index (κ1) is 10.8. The summed E-state index contributed by atoms with van der Waals surface area (Å²) in [4.78, 5) is 0. The minimum absolute atomic E-state index is 0.0269. The zero-order valence-corrected chi connectivity index (χ0v) is 7.93. The Morgan fingerprint density at radius 3 is 2.46 bits per heavy atom. The van der Waals surface area contributed by atoms with Gasteiger partial charge in [-0.2, -0.15) is 0 Å². The largest absolute Gasteiger partial charge is 0.327 e. The number of hydrogen-bond acceptors (Lipinski definition) is 3. The lowest BCUT2D eigenvalue weighted by Crippen LogP contribution is -2.32. The van der Waals surface area contributed by atoms with Crippen molar-refractivity contribution < 1.29 is 17.2 Å². The fraction of sp³-hybridized carbons (Fsp3) is 1.00. The molecule has 13 heavy (non-hydrogen) atoms. The highest BCUT2D eigenvalue weighted by Crippen LogP contribution is 2.23. The predicted octanol–water partition coefficient (Wildman–Crippen LogP) is 0.404. The molecule has 0 aromatic rings. The average molecular weight is 213 g/mol. The van der Waals surface area contributed by atoms with Gasteiger partial charge < -0.3 is 5.73 Å². The Balaban J connectivity index is 2.47. The zero-order chi connectivity index (χ0) is 10.1. The van der Waals surface area contributed by atoms with Crippen molar-refractivity contribution in [2.45, 2.75) is 25.3 Å². The van der Waals surface area contributed by atoms with Crippen LogP contribution in [0.5, 0.6) is 0 Å². The third-order valence-electron chi connectivity index (χ3n) is 2.32. The van der Waals surface area contributed by atoms with Crippen molar-refractivity contribution in [2.24, 2.45) is 11.7 Å². The molecular weight excluding hydrogens is 200 g/mol. The molecule has 3 nitrogen and oxygen atoms in total. The minimum Gasteiger partial charge on any atom is -0.327 e. The summed E-state index contributed by atoms with van der Waals surface area (Å²) in [7, 11) is -3.00. The molecule has 1 aliphatic rings. The van der Waals surface area contributed by atoms with Crippen molar-refractivity contribution in [1.82, 2.24) is 0 Å². The van der Waals surface area contributed by atoms with Gasteiger partial charge >= 0.3 is 0 Å². The van der Waals surface area contributed by atoms with Gasteiger partial charge in [-0.25, -0.2) is 17.2 Å². The first-order valence-corrected chi connectivity index (χ1v) is 5.97. The van der Waals surface area contributed by atoms with E-state index in [-0.39, 0.29) is 17.4 Å². The molecule has 0 amide bonds. The summed E-state index contributed by atoms with van der Waals surface area (Å²) >= 11 is 0. The second-order valence-corrected chi connectivity index (χ2v) is 5.68. The second-order valence-electron chi connectivity index (χ2n) is 3.45. The molecule has 0 saturated carbocycles. The maximum atomic E-state index is 11.9. The Morgan fingerprint density at radius 2 is 2.08 bits per heavy atom. The molecule has 0 aliphatic carbocycles. The Hall–Kier alpha value is -0.230. The molecule has 0 spiro atoms. The first-order valence-electron chi connectivity index (χ1n) is 4.15. The van der Waals surface area contributed by atoms with Gasteiger partial charge in [0, 0.05) is 12.5 Å². The van der Waals surface area contributed by atoms with E-state index >= 15 is 0 Å². The van der Waals surface area contributed by atoms with Crippen LogP contribution in [-0.2, 0) is 9.84 Å². The summed E-state index contributed by atoms with van der Waals surface area (Å²) < 4.78 is 45.8. The highest BCUT2D eigenvalue weighted by atomic mass is 32.2. The summed E-state index contributed by atoms with van der Waals surface area (Å²) in [6.45, 7) is 0. The van der Waals surface area contributed by atoms with Crippen molar-refractivity contribution in [2.75, 3.05) is 11.5 Å². The van der Waals surface area contributed by atoms with Crippen molar-refractivity contribution in [1.29, 1.82) is 0 Å². The number of sulfone groups is 1. The molecule has 0 aromatic heterocycles. The summed E-state index contributed by atoms with van der Waals surface area (Å²) in [6.07, 6.45) is -2.42. The molecular formula is C7H13F2NO2S. The standard InChI is InChI=1S/C7H13F2NO2S/c8-7(9)3-6(10)5-1-2-13(11,12)4-5/h5-7H,1-4,10H2. The Labute approximate surface area is 76.2 Å². The lowest BCUT2D eigenvalue weighted by molar-refractivity contribution is 0.120. The molecule has 6 heteroatoms. The van der Waals surface area contributed by atoms with Gasteiger partial charge in [-0.1, -0.05) is 0 Å².